The largest absolute Gasteiger partial charge is 0.369 e. The first-order valence-electron chi connectivity index (χ1n) is 7.76. The third-order valence-electron chi connectivity index (χ3n) is 4.25. The lowest BCUT2D eigenvalue weighted by Crippen LogP contribution is -2.31. The quantitative estimate of drug-likeness (QED) is 0.864. The summed E-state index contributed by atoms with van der Waals surface area (Å²) in [7, 11) is 4.33. The third-order valence-corrected chi connectivity index (χ3v) is 4.25. The van der Waals surface area contributed by atoms with Crippen molar-refractivity contribution in [2.45, 2.75) is 38.8 Å². The van der Waals surface area contributed by atoms with Crippen molar-refractivity contribution in [1.29, 1.82) is 0 Å². The molecule has 4 nitrogen and oxygen atoms in total. The predicted octanol–water partition coefficient (Wildman–Crippen LogP) is 2.28. The van der Waals surface area contributed by atoms with Gasteiger partial charge in [-0.05, 0) is 45.6 Å². The van der Waals surface area contributed by atoms with Crippen molar-refractivity contribution >= 4 is 5.69 Å². The first kappa shape index (κ1) is 15.3. The van der Waals surface area contributed by atoms with Crippen molar-refractivity contribution in [3.8, 4) is 0 Å². The van der Waals surface area contributed by atoms with Crippen molar-refractivity contribution in [2.24, 2.45) is 0 Å². The highest BCUT2D eigenvalue weighted by Crippen LogP contribution is 2.23. The van der Waals surface area contributed by atoms with Crippen LogP contribution in [0.1, 0.15) is 38.4 Å². The van der Waals surface area contributed by atoms with Crippen LogP contribution >= 0.6 is 0 Å². The molecule has 0 spiro atoms. The summed E-state index contributed by atoms with van der Waals surface area (Å²) in [6.07, 6.45) is 4.35. The van der Waals surface area contributed by atoms with Crippen LogP contribution in [0.5, 0.6) is 0 Å². The van der Waals surface area contributed by atoms with E-state index >= 15 is 0 Å². The number of nitrogens with one attached hydrogen (secondary N) is 1. The van der Waals surface area contributed by atoms with E-state index in [9.17, 15) is 0 Å². The van der Waals surface area contributed by atoms with Crippen LogP contribution in [0.3, 0.4) is 0 Å². The Labute approximate surface area is 123 Å². The Morgan fingerprint density at radius 1 is 1.40 bits per heavy atom. The van der Waals surface area contributed by atoms with Crippen LogP contribution in [0.25, 0.3) is 0 Å². The lowest BCUT2D eigenvalue weighted by molar-refractivity contribution is 0.315. The van der Waals surface area contributed by atoms with Crippen molar-refractivity contribution in [1.82, 2.24) is 15.2 Å². The monoisotopic (exact) mass is 276 g/mol. The van der Waals surface area contributed by atoms with Gasteiger partial charge in [-0.15, -0.1) is 0 Å². The van der Waals surface area contributed by atoms with Gasteiger partial charge in [0.15, 0.2) is 0 Å². The van der Waals surface area contributed by atoms with E-state index in [1.165, 1.54) is 12.1 Å². The predicted molar refractivity (Wildman–Crippen MR) is 85.3 cm³/mol. The van der Waals surface area contributed by atoms with Gasteiger partial charge in [-0.1, -0.05) is 13.8 Å². The van der Waals surface area contributed by atoms with E-state index < -0.39 is 0 Å². The molecule has 1 N–H and O–H groups in total. The summed E-state index contributed by atoms with van der Waals surface area (Å²) in [5, 5.41) is 3.48. The standard InChI is InChI=1S/C16H28N4/c1-5-15(17-6-2)16-8-7-13(11-18-16)20-10-9-14(12-20)19(3)4/h7-8,11,14-15,17H,5-6,9-10,12H2,1-4H3. The Morgan fingerprint density at radius 2 is 2.20 bits per heavy atom. The maximum absolute atomic E-state index is 4.67. The van der Waals surface area contributed by atoms with Crippen LogP contribution in [0, 0.1) is 0 Å². The second kappa shape index (κ2) is 7.04. The number of anilines is 1. The summed E-state index contributed by atoms with van der Waals surface area (Å²) in [5.41, 5.74) is 2.41. The zero-order valence-corrected chi connectivity index (χ0v) is 13.3. The first-order chi connectivity index (χ1) is 9.65. The van der Waals surface area contributed by atoms with Crippen LogP contribution in [0.15, 0.2) is 18.3 Å². The SMILES string of the molecule is CCNC(CC)c1ccc(N2CCC(N(C)C)C2)cn1. The fraction of sp³-hybridized carbons (Fsp3) is 0.688. The zero-order chi connectivity index (χ0) is 14.5. The molecule has 2 rings (SSSR count). The molecule has 1 aliphatic rings. The molecule has 1 aromatic rings. The van der Waals surface area contributed by atoms with Gasteiger partial charge in [0.2, 0.25) is 0 Å². The summed E-state index contributed by atoms with van der Waals surface area (Å²) in [6, 6.07) is 5.44. The lowest BCUT2D eigenvalue weighted by Gasteiger charge is -2.22. The molecule has 0 aliphatic carbocycles. The van der Waals surface area contributed by atoms with Crippen molar-refractivity contribution in [2.75, 3.05) is 38.6 Å². The van der Waals surface area contributed by atoms with E-state index in [-0.39, 0.29) is 0 Å². The fourth-order valence-electron chi connectivity index (χ4n) is 2.89. The van der Waals surface area contributed by atoms with E-state index in [2.05, 4.69) is 60.2 Å². The Balaban J connectivity index is 2.01. The van der Waals surface area contributed by atoms with Crippen LogP contribution in [0.4, 0.5) is 5.69 Å². The summed E-state index contributed by atoms with van der Waals surface area (Å²) in [5.74, 6) is 0. The highest BCUT2D eigenvalue weighted by Gasteiger charge is 2.24. The lowest BCUT2D eigenvalue weighted by atomic mass is 10.1. The highest BCUT2D eigenvalue weighted by atomic mass is 15.2. The smallest absolute Gasteiger partial charge is 0.0574 e. The van der Waals surface area contributed by atoms with Gasteiger partial charge in [0.1, 0.15) is 0 Å². The van der Waals surface area contributed by atoms with Crippen LogP contribution in [-0.4, -0.2) is 49.7 Å². The Kier molecular flexibility index (Phi) is 5.38. The minimum absolute atomic E-state index is 0.377. The van der Waals surface area contributed by atoms with Gasteiger partial charge < -0.3 is 15.1 Å². The van der Waals surface area contributed by atoms with Crippen LogP contribution in [-0.2, 0) is 0 Å². The summed E-state index contributed by atoms with van der Waals surface area (Å²) < 4.78 is 0. The van der Waals surface area contributed by atoms with Gasteiger partial charge in [0.25, 0.3) is 0 Å². The van der Waals surface area contributed by atoms with Crippen molar-refractivity contribution in [3.05, 3.63) is 24.0 Å². The van der Waals surface area contributed by atoms with Crippen molar-refractivity contribution in [3.63, 3.8) is 0 Å². The molecule has 20 heavy (non-hydrogen) atoms. The normalized spacial score (nSPS) is 20.6. The molecule has 2 unspecified atom stereocenters. The molecule has 4 heteroatoms. The molecule has 2 heterocycles. The topological polar surface area (TPSA) is 31.4 Å². The molecule has 0 saturated carbocycles. The van der Waals surface area contributed by atoms with Crippen LogP contribution in [0.2, 0.25) is 0 Å². The van der Waals surface area contributed by atoms with E-state index in [0.717, 1.165) is 31.7 Å². The molecular formula is C16H28N4. The van der Waals surface area contributed by atoms with Gasteiger partial charge >= 0.3 is 0 Å². The molecule has 0 radical (unpaired) electrons. The highest BCUT2D eigenvalue weighted by molar-refractivity contribution is 5.46. The van der Waals surface area contributed by atoms with Gasteiger partial charge in [-0.2, -0.15) is 0 Å². The van der Waals surface area contributed by atoms with Gasteiger partial charge in [0, 0.05) is 25.2 Å². The summed E-state index contributed by atoms with van der Waals surface area (Å²) in [4.78, 5) is 9.42. The second-order valence-corrected chi connectivity index (χ2v) is 5.81. The minimum atomic E-state index is 0.377. The van der Waals surface area contributed by atoms with E-state index in [1.54, 1.807) is 0 Å². The van der Waals surface area contributed by atoms with Gasteiger partial charge in [-0.25, -0.2) is 0 Å². The summed E-state index contributed by atoms with van der Waals surface area (Å²) in [6.45, 7) is 7.57. The molecule has 0 aromatic carbocycles. The Morgan fingerprint density at radius 3 is 2.70 bits per heavy atom. The van der Waals surface area contributed by atoms with Gasteiger partial charge in [-0.3, -0.25) is 4.98 Å². The average Bonchev–Trinajstić information content (AvgIpc) is 2.95. The molecule has 2 atom stereocenters. The first-order valence-corrected chi connectivity index (χ1v) is 7.76. The van der Waals surface area contributed by atoms with E-state index in [0.29, 0.717) is 12.1 Å². The molecule has 0 amide bonds. The Hall–Kier alpha value is -1.13. The zero-order valence-electron chi connectivity index (χ0n) is 13.3. The molecule has 112 valence electrons. The average molecular weight is 276 g/mol. The number of hydrogen-bond acceptors (Lipinski definition) is 4. The second-order valence-electron chi connectivity index (χ2n) is 5.81. The number of likely N-dealkylation sites (N-methyl/N-ethyl adjacent to an activating group) is 1. The van der Waals surface area contributed by atoms with Gasteiger partial charge in [0.05, 0.1) is 17.6 Å². The number of rotatable bonds is 6. The van der Waals surface area contributed by atoms with E-state index in [1.807, 2.05) is 6.20 Å². The number of hydrogen-bond donors (Lipinski definition) is 1. The maximum Gasteiger partial charge on any atom is 0.0574 e. The van der Waals surface area contributed by atoms with Crippen LogP contribution < -0.4 is 10.2 Å². The molecule has 1 aromatic heterocycles. The Bertz CT molecular complexity index is 401. The molecule has 1 fully saturated rings. The summed E-state index contributed by atoms with van der Waals surface area (Å²) >= 11 is 0. The molecule has 1 saturated heterocycles. The fourth-order valence-corrected chi connectivity index (χ4v) is 2.89. The number of pyridine rings is 1. The molecule has 0 bridgehead atoms. The number of aromatic nitrogens is 1. The molecular weight excluding hydrogens is 248 g/mol. The van der Waals surface area contributed by atoms with E-state index in [4.69, 9.17) is 0 Å². The molecule has 1 aliphatic heterocycles. The van der Waals surface area contributed by atoms with Crippen molar-refractivity contribution < 1.29 is 0 Å². The minimum Gasteiger partial charge on any atom is -0.369 e. The maximum atomic E-state index is 4.67. The number of nitrogens with zero attached hydrogens (tertiary/aromatic N) is 3. The third kappa shape index (κ3) is 3.49.